The van der Waals surface area contributed by atoms with E-state index in [1.165, 1.54) is 110 Å². The Morgan fingerprint density at radius 1 is 0.282 bits per heavy atom. The lowest BCUT2D eigenvalue weighted by Gasteiger charge is -2.43. The number of benzene rings is 13. The highest BCUT2D eigenvalue weighted by Crippen LogP contribution is 2.61. The summed E-state index contributed by atoms with van der Waals surface area (Å²) in [5, 5.41) is 7.36. The van der Waals surface area contributed by atoms with Crippen LogP contribution in [-0.4, -0.2) is 0 Å². The summed E-state index contributed by atoms with van der Waals surface area (Å²) in [6, 6.07) is 108. The second-order valence-electron chi connectivity index (χ2n) is 21.6. The standard InChI is InChI=1S/C76H54N2/c1-75(2)70-33-19-20-34-73(70)78(74-50-71-68(49-72(74)75)65-31-17-18-32-69(65)76(71,55-25-11-5-12-26-55)56-27-13-6-14-28-56)60-44-46-64-63-45-43-59(47-66(63)61-29-15-16-30-62(61)67(64)48-60)77(57-39-35-53(36-40-57)51-21-7-3-8-22-51)58-41-37-54(38-42-58)52-23-9-4-10-24-52/h3-50H,1-2H3. The predicted molar refractivity (Wildman–Crippen MR) is 329 cm³/mol. The normalized spacial score (nSPS) is 13.7. The van der Waals surface area contributed by atoms with Crippen molar-refractivity contribution in [2.75, 3.05) is 9.80 Å². The van der Waals surface area contributed by atoms with Crippen LogP contribution in [0.1, 0.15) is 47.2 Å². The lowest BCUT2D eigenvalue weighted by atomic mass is 9.66. The van der Waals surface area contributed by atoms with E-state index < -0.39 is 5.41 Å². The van der Waals surface area contributed by atoms with Gasteiger partial charge in [0, 0.05) is 28.2 Å². The van der Waals surface area contributed by atoms with E-state index in [1.54, 1.807) is 0 Å². The van der Waals surface area contributed by atoms with Gasteiger partial charge in [0.1, 0.15) is 0 Å². The van der Waals surface area contributed by atoms with Crippen LogP contribution in [0.2, 0.25) is 0 Å². The minimum Gasteiger partial charge on any atom is -0.310 e. The molecule has 2 nitrogen and oxygen atoms in total. The SMILES string of the molecule is CC1(C)c2ccccc2N(c2ccc3c4ccc(N(c5ccc(-c6ccccc6)cc5)c5ccc(-c6ccccc6)cc5)cc4c4ccccc4c3c2)c2cc3c(cc21)-c1ccccc1C3(c1ccccc1)c1ccccc1. The Hall–Kier alpha value is -9.76. The van der Waals surface area contributed by atoms with Crippen molar-refractivity contribution in [3.8, 4) is 33.4 Å². The molecule has 0 aromatic heterocycles. The smallest absolute Gasteiger partial charge is 0.0714 e. The Kier molecular flexibility index (Phi) is 10.5. The van der Waals surface area contributed by atoms with Crippen molar-refractivity contribution >= 4 is 66.4 Å². The van der Waals surface area contributed by atoms with Gasteiger partial charge in [-0.3, -0.25) is 0 Å². The van der Waals surface area contributed by atoms with E-state index in [4.69, 9.17) is 0 Å². The molecule has 0 amide bonds. The van der Waals surface area contributed by atoms with E-state index in [0.717, 1.165) is 22.7 Å². The molecule has 0 saturated carbocycles. The van der Waals surface area contributed by atoms with Crippen LogP contribution in [0.5, 0.6) is 0 Å². The van der Waals surface area contributed by atoms with Gasteiger partial charge < -0.3 is 9.80 Å². The molecule has 1 aliphatic heterocycles. The monoisotopic (exact) mass is 994 g/mol. The van der Waals surface area contributed by atoms with Crippen LogP contribution >= 0.6 is 0 Å². The maximum absolute atomic E-state index is 2.56. The largest absolute Gasteiger partial charge is 0.310 e. The molecule has 0 unspecified atom stereocenters. The summed E-state index contributed by atoms with van der Waals surface area (Å²) in [4.78, 5) is 4.96. The third-order valence-corrected chi connectivity index (χ3v) is 17.1. The van der Waals surface area contributed by atoms with Crippen molar-refractivity contribution in [3.63, 3.8) is 0 Å². The molecular formula is C76H54N2. The van der Waals surface area contributed by atoms with Gasteiger partial charge in [-0.25, -0.2) is 0 Å². The molecule has 13 aromatic rings. The molecule has 0 fully saturated rings. The zero-order valence-corrected chi connectivity index (χ0v) is 43.6. The fourth-order valence-electron chi connectivity index (χ4n) is 13.4. The number of rotatable bonds is 8. The van der Waals surface area contributed by atoms with Crippen molar-refractivity contribution in [1.29, 1.82) is 0 Å². The van der Waals surface area contributed by atoms with E-state index in [2.05, 4.69) is 315 Å². The van der Waals surface area contributed by atoms with E-state index in [-0.39, 0.29) is 5.41 Å². The Morgan fingerprint density at radius 2 is 0.731 bits per heavy atom. The van der Waals surface area contributed by atoms with Crippen LogP contribution in [-0.2, 0) is 10.8 Å². The van der Waals surface area contributed by atoms with Gasteiger partial charge in [0.15, 0.2) is 0 Å². The summed E-state index contributed by atoms with van der Waals surface area (Å²) in [7, 11) is 0. The molecule has 2 aliphatic rings. The molecule has 78 heavy (non-hydrogen) atoms. The highest BCUT2D eigenvalue weighted by atomic mass is 15.2. The molecule has 0 spiro atoms. The molecule has 13 aromatic carbocycles. The Morgan fingerprint density at radius 3 is 1.32 bits per heavy atom. The van der Waals surface area contributed by atoms with Crippen molar-refractivity contribution < 1.29 is 0 Å². The van der Waals surface area contributed by atoms with Crippen LogP contribution in [0.3, 0.4) is 0 Å². The summed E-state index contributed by atoms with van der Waals surface area (Å²) < 4.78 is 0. The molecule has 0 bridgehead atoms. The summed E-state index contributed by atoms with van der Waals surface area (Å²) in [5.41, 5.74) is 21.2. The van der Waals surface area contributed by atoms with Crippen molar-refractivity contribution in [1.82, 2.24) is 0 Å². The van der Waals surface area contributed by atoms with Crippen molar-refractivity contribution in [3.05, 3.63) is 325 Å². The van der Waals surface area contributed by atoms with Gasteiger partial charge in [-0.15, -0.1) is 0 Å². The van der Waals surface area contributed by atoms with Gasteiger partial charge in [0.25, 0.3) is 0 Å². The third kappa shape index (κ3) is 6.96. The average molecular weight is 995 g/mol. The van der Waals surface area contributed by atoms with Gasteiger partial charge in [-0.05, 0) is 166 Å². The molecule has 2 heteroatoms. The maximum Gasteiger partial charge on any atom is 0.0714 e. The first-order chi connectivity index (χ1) is 38.4. The van der Waals surface area contributed by atoms with E-state index >= 15 is 0 Å². The summed E-state index contributed by atoms with van der Waals surface area (Å²) in [6.45, 7) is 4.82. The fourth-order valence-corrected chi connectivity index (χ4v) is 13.4. The lowest BCUT2D eigenvalue weighted by Crippen LogP contribution is -2.32. The number of anilines is 6. The number of fused-ring (bicyclic) bond motifs is 11. The van der Waals surface area contributed by atoms with E-state index in [0.29, 0.717) is 0 Å². The third-order valence-electron chi connectivity index (χ3n) is 17.1. The molecule has 0 N–H and O–H groups in total. The van der Waals surface area contributed by atoms with Crippen molar-refractivity contribution in [2.45, 2.75) is 24.7 Å². The quantitative estimate of drug-likeness (QED) is 0.140. The van der Waals surface area contributed by atoms with Gasteiger partial charge in [-0.1, -0.05) is 238 Å². The van der Waals surface area contributed by atoms with Crippen LogP contribution in [0.4, 0.5) is 34.1 Å². The molecule has 15 rings (SSSR count). The zero-order chi connectivity index (χ0) is 52.0. The minimum atomic E-state index is -0.527. The molecule has 1 aliphatic carbocycles. The molecule has 1 heterocycles. The fraction of sp³-hybridized carbons (Fsp3) is 0.0526. The second kappa shape index (κ2) is 17.9. The first-order valence-corrected chi connectivity index (χ1v) is 27.2. The molecular weight excluding hydrogens is 941 g/mol. The summed E-state index contributed by atoms with van der Waals surface area (Å²) in [6.07, 6.45) is 0. The topological polar surface area (TPSA) is 6.48 Å². The van der Waals surface area contributed by atoms with Crippen LogP contribution in [0.25, 0.3) is 65.7 Å². The number of hydrogen-bond acceptors (Lipinski definition) is 2. The van der Waals surface area contributed by atoms with E-state index in [9.17, 15) is 0 Å². The molecule has 368 valence electrons. The predicted octanol–water partition coefficient (Wildman–Crippen LogP) is 20.4. The van der Waals surface area contributed by atoms with Crippen LogP contribution < -0.4 is 9.80 Å². The van der Waals surface area contributed by atoms with Gasteiger partial charge in [-0.2, -0.15) is 0 Å². The summed E-state index contributed by atoms with van der Waals surface area (Å²) >= 11 is 0. The molecule has 0 atom stereocenters. The van der Waals surface area contributed by atoms with Gasteiger partial charge in [0.05, 0.1) is 16.8 Å². The van der Waals surface area contributed by atoms with Gasteiger partial charge in [0.2, 0.25) is 0 Å². The number of hydrogen-bond donors (Lipinski definition) is 0. The van der Waals surface area contributed by atoms with Crippen molar-refractivity contribution in [2.24, 2.45) is 0 Å². The number of para-hydroxylation sites is 1. The maximum atomic E-state index is 2.56. The first kappa shape index (κ1) is 45.6. The number of nitrogens with zero attached hydrogens (tertiary/aromatic N) is 2. The lowest BCUT2D eigenvalue weighted by molar-refractivity contribution is 0.631. The van der Waals surface area contributed by atoms with Crippen LogP contribution in [0, 0.1) is 0 Å². The molecule has 0 radical (unpaired) electrons. The highest BCUT2D eigenvalue weighted by Gasteiger charge is 2.48. The summed E-state index contributed by atoms with van der Waals surface area (Å²) in [5.74, 6) is 0. The highest BCUT2D eigenvalue weighted by molar-refractivity contribution is 6.26. The Labute approximate surface area is 456 Å². The first-order valence-electron chi connectivity index (χ1n) is 27.2. The Bertz CT molecular complexity index is 4290. The van der Waals surface area contributed by atoms with Crippen LogP contribution in [0.15, 0.2) is 291 Å². The molecule has 0 saturated heterocycles. The Balaban J connectivity index is 0.916. The van der Waals surface area contributed by atoms with E-state index in [1.807, 2.05) is 0 Å². The minimum absolute atomic E-state index is 0.281. The zero-order valence-electron chi connectivity index (χ0n) is 43.6. The second-order valence-corrected chi connectivity index (χ2v) is 21.6. The average Bonchev–Trinajstić information content (AvgIpc) is 4.01. The van der Waals surface area contributed by atoms with Gasteiger partial charge >= 0.3 is 0 Å².